The lowest BCUT2D eigenvalue weighted by molar-refractivity contribution is 0.494. The van der Waals surface area contributed by atoms with E-state index in [-0.39, 0.29) is 10.3 Å². The second kappa shape index (κ2) is 4.81. The standard InChI is InChI=1S/C10H13BrN2O2S/c11-8-1-2-10(13-7-8)16(14,15)9-3-5-12-6-4-9/h1-2,7,9,12H,3-6H2. The van der Waals surface area contributed by atoms with Crippen molar-refractivity contribution in [3.05, 3.63) is 22.8 Å². The highest BCUT2D eigenvalue weighted by atomic mass is 79.9. The SMILES string of the molecule is O=S(=O)(c1ccc(Br)cn1)C1CCNCC1. The Bertz CT molecular complexity index is 452. The summed E-state index contributed by atoms with van der Waals surface area (Å²) in [4.78, 5) is 3.97. The van der Waals surface area contributed by atoms with E-state index in [0.717, 1.165) is 17.6 Å². The van der Waals surface area contributed by atoms with E-state index in [2.05, 4.69) is 26.2 Å². The van der Waals surface area contributed by atoms with Crippen molar-refractivity contribution >= 4 is 25.8 Å². The monoisotopic (exact) mass is 304 g/mol. The number of nitrogens with zero attached hydrogens (tertiary/aromatic N) is 1. The van der Waals surface area contributed by atoms with Gasteiger partial charge >= 0.3 is 0 Å². The molecule has 0 aromatic carbocycles. The Morgan fingerprint density at radius 2 is 2.00 bits per heavy atom. The number of nitrogens with one attached hydrogen (secondary N) is 1. The maximum Gasteiger partial charge on any atom is 0.198 e. The molecule has 1 N–H and O–H groups in total. The Morgan fingerprint density at radius 3 is 2.56 bits per heavy atom. The maximum absolute atomic E-state index is 12.2. The van der Waals surface area contributed by atoms with Crippen LogP contribution in [0.5, 0.6) is 0 Å². The van der Waals surface area contributed by atoms with Gasteiger partial charge in [-0.3, -0.25) is 0 Å². The van der Waals surface area contributed by atoms with Gasteiger partial charge in [0.15, 0.2) is 14.9 Å². The minimum atomic E-state index is -3.25. The molecular weight excluding hydrogens is 292 g/mol. The van der Waals surface area contributed by atoms with E-state index in [1.165, 1.54) is 6.20 Å². The molecule has 0 atom stereocenters. The molecule has 6 heteroatoms. The second-order valence-corrected chi connectivity index (χ2v) is 6.90. The third-order valence-corrected chi connectivity index (χ3v) is 5.36. The van der Waals surface area contributed by atoms with E-state index in [0.29, 0.717) is 12.8 Å². The van der Waals surface area contributed by atoms with Crippen molar-refractivity contribution in [1.82, 2.24) is 10.3 Å². The second-order valence-electron chi connectivity index (χ2n) is 3.81. The van der Waals surface area contributed by atoms with Gasteiger partial charge < -0.3 is 5.32 Å². The minimum absolute atomic E-state index is 0.183. The van der Waals surface area contributed by atoms with Crippen LogP contribution in [0.1, 0.15) is 12.8 Å². The molecule has 0 unspecified atom stereocenters. The summed E-state index contributed by atoms with van der Waals surface area (Å²) in [5, 5.41) is 3.05. The predicted octanol–water partition coefficient (Wildman–Crippen LogP) is 1.37. The summed E-state index contributed by atoms with van der Waals surface area (Å²) >= 11 is 3.24. The largest absolute Gasteiger partial charge is 0.317 e. The van der Waals surface area contributed by atoms with Crippen molar-refractivity contribution < 1.29 is 8.42 Å². The van der Waals surface area contributed by atoms with Crippen molar-refractivity contribution in [2.75, 3.05) is 13.1 Å². The zero-order valence-corrected chi connectivity index (χ0v) is 11.1. The van der Waals surface area contributed by atoms with Gasteiger partial charge in [-0.25, -0.2) is 13.4 Å². The number of rotatable bonds is 2. The molecule has 1 fully saturated rings. The van der Waals surface area contributed by atoms with Gasteiger partial charge in [0, 0.05) is 10.7 Å². The third kappa shape index (κ3) is 2.44. The number of halogens is 1. The van der Waals surface area contributed by atoms with Crippen LogP contribution in [-0.2, 0) is 9.84 Å². The van der Waals surface area contributed by atoms with Crippen LogP contribution in [0.25, 0.3) is 0 Å². The zero-order valence-electron chi connectivity index (χ0n) is 8.69. The third-order valence-electron chi connectivity index (χ3n) is 2.72. The van der Waals surface area contributed by atoms with Gasteiger partial charge in [0.05, 0.1) is 5.25 Å². The van der Waals surface area contributed by atoms with Crippen molar-refractivity contribution in [3.8, 4) is 0 Å². The fraction of sp³-hybridized carbons (Fsp3) is 0.500. The zero-order chi connectivity index (χ0) is 11.6. The van der Waals surface area contributed by atoms with Crippen molar-refractivity contribution in [3.63, 3.8) is 0 Å². The van der Waals surface area contributed by atoms with Gasteiger partial charge in [0.1, 0.15) is 0 Å². The number of hydrogen-bond acceptors (Lipinski definition) is 4. The predicted molar refractivity (Wildman–Crippen MR) is 65.0 cm³/mol. The van der Waals surface area contributed by atoms with Crippen molar-refractivity contribution in [2.45, 2.75) is 23.1 Å². The van der Waals surface area contributed by atoms with Gasteiger partial charge in [0.2, 0.25) is 0 Å². The fourth-order valence-corrected chi connectivity index (χ4v) is 3.70. The van der Waals surface area contributed by atoms with E-state index in [9.17, 15) is 8.42 Å². The number of hydrogen-bond donors (Lipinski definition) is 1. The van der Waals surface area contributed by atoms with E-state index in [4.69, 9.17) is 0 Å². The smallest absolute Gasteiger partial charge is 0.198 e. The molecule has 1 aliphatic heterocycles. The molecule has 0 radical (unpaired) electrons. The highest BCUT2D eigenvalue weighted by molar-refractivity contribution is 9.10. The molecule has 1 saturated heterocycles. The molecule has 4 nitrogen and oxygen atoms in total. The molecule has 1 aliphatic rings. The first-order chi connectivity index (χ1) is 7.60. The quantitative estimate of drug-likeness (QED) is 0.896. The Hall–Kier alpha value is -0.460. The van der Waals surface area contributed by atoms with Crippen LogP contribution in [0.3, 0.4) is 0 Å². The molecular formula is C10H13BrN2O2S. The van der Waals surface area contributed by atoms with Gasteiger partial charge in [-0.1, -0.05) is 0 Å². The average molecular weight is 305 g/mol. The number of pyridine rings is 1. The van der Waals surface area contributed by atoms with Gasteiger partial charge in [-0.2, -0.15) is 0 Å². The summed E-state index contributed by atoms with van der Waals surface area (Å²) in [6.45, 7) is 1.53. The molecule has 16 heavy (non-hydrogen) atoms. The average Bonchev–Trinajstić information content (AvgIpc) is 2.31. The Morgan fingerprint density at radius 1 is 1.31 bits per heavy atom. The highest BCUT2D eigenvalue weighted by Crippen LogP contribution is 2.21. The summed E-state index contributed by atoms with van der Waals surface area (Å²) in [6.07, 6.45) is 2.86. The summed E-state index contributed by atoms with van der Waals surface area (Å²) in [5.74, 6) is 0. The number of aromatic nitrogens is 1. The first-order valence-electron chi connectivity index (χ1n) is 5.17. The molecule has 0 aliphatic carbocycles. The van der Waals surface area contributed by atoms with Gasteiger partial charge in [-0.05, 0) is 54.0 Å². The molecule has 0 bridgehead atoms. The van der Waals surface area contributed by atoms with E-state index in [1.54, 1.807) is 12.1 Å². The van der Waals surface area contributed by atoms with Crippen LogP contribution in [0.4, 0.5) is 0 Å². The lowest BCUT2D eigenvalue weighted by atomic mass is 10.2. The summed E-state index contributed by atoms with van der Waals surface area (Å²) in [7, 11) is -3.25. The van der Waals surface area contributed by atoms with Crippen LogP contribution < -0.4 is 5.32 Å². The lowest BCUT2D eigenvalue weighted by Gasteiger charge is -2.22. The number of piperidine rings is 1. The number of sulfone groups is 1. The normalized spacial score (nSPS) is 18.6. The van der Waals surface area contributed by atoms with Crippen LogP contribution in [0.15, 0.2) is 27.8 Å². The van der Waals surface area contributed by atoms with Crippen molar-refractivity contribution in [2.24, 2.45) is 0 Å². The Labute approximate surface area is 104 Å². The van der Waals surface area contributed by atoms with E-state index < -0.39 is 9.84 Å². The van der Waals surface area contributed by atoms with Crippen LogP contribution in [0.2, 0.25) is 0 Å². The topological polar surface area (TPSA) is 59.1 Å². The van der Waals surface area contributed by atoms with Crippen LogP contribution in [-0.4, -0.2) is 31.7 Å². The van der Waals surface area contributed by atoms with Gasteiger partial charge in [-0.15, -0.1) is 0 Å². The maximum atomic E-state index is 12.2. The summed E-state index contributed by atoms with van der Waals surface area (Å²) in [6, 6.07) is 3.27. The summed E-state index contributed by atoms with van der Waals surface area (Å²) < 4.78 is 25.2. The molecule has 1 aromatic heterocycles. The first kappa shape index (κ1) is 12.0. The van der Waals surface area contributed by atoms with Crippen LogP contribution in [0, 0.1) is 0 Å². The Balaban J connectivity index is 2.27. The molecule has 1 aromatic rings. The lowest BCUT2D eigenvalue weighted by Crippen LogP contribution is -2.36. The van der Waals surface area contributed by atoms with E-state index in [1.807, 2.05) is 0 Å². The van der Waals surface area contributed by atoms with Gasteiger partial charge in [0.25, 0.3) is 0 Å². The summed E-state index contributed by atoms with van der Waals surface area (Å²) in [5.41, 5.74) is 0. The molecule has 2 rings (SSSR count). The molecule has 88 valence electrons. The first-order valence-corrected chi connectivity index (χ1v) is 7.51. The fourth-order valence-electron chi connectivity index (χ4n) is 1.81. The molecule has 0 spiro atoms. The van der Waals surface area contributed by atoms with E-state index >= 15 is 0 Å². The van der Waals surface area contributed by atoms with Crippen molar-refractivity contribution in [1.29, 1.82) is 0 Å². The highest BCUT2D eigenvalue weighted by Gasteiger charge is 2.29. The minimum Gasteiger partial charge on any atom is -0.317 e. The molecule has 2 heterocycles. The molecule has 0 amide bonds. The molecule has 0 saturated carbocycles. The Kier molecular flexibility index (Phi) is 3.61. The van der Waals surface area contributed by atoms with Crippen LogP contribution >= 0.6 is 15.9 Å².